The summed E-state index contributed by atoms with van der Waals surface area (Å²) in [5.74, 6) is 0.695. The van der Waals surface area contributed by atoms with E-state index in [1.165, 1.54) is 0 Å². The SMILES string of the molecule is CO[Si](C)(CCCCl)O[Si](C)(C)C. The molecule has 1 atom stereocenters. The Hall–Kier alpha value is 0.644. The zero-order valence-electron chi connectivity index (χ0n) is 9.32. The third-order valence-corrected chi connectivity index (χ3v) is 8.29. The van der Waals surface area contributed by atoms with E-state index < -0.39 is 16.9 Å². The van der Waals surface area contributed by atoms with Gasteiger partial charge >= 0.3 is 8.56 Å². The smallest absolute Gasteiger partial charge is 0.324 e. The summed E-state index contributed by atoms with van der Waals surface area (Å²) in [7, 11) is -1.62. The van der Waals surface area contributed by atoms with E-state index in [0.717, 1.165) is 12.5 Å². The van der Waals surface area contributed by atoms with E-state index in [0.29, 0.717) is 5.88 Å². The highest BCUT2D eigenvalue weighted by molar-refractivity contribution is 6.81. The fourth-order valence-electron chi connectivity index (χ4n) is 1.23. The highest BCUT2D eigenvalue weighted by Crippen LogP contribution is 2.20. The van der Waals surface area contributed by atoms with Crippen molar-refractivity contribution < 1.29 is 8.54 Å². The number of halogens is 1. The minimum absolute atomic E-state index is 0.695. The molecule has 1 unspecified atom stereocenters. The Morgan fingerprint density at radius 3 is 2.00 bits per heavy atom. The molecule has 0 bridgehead atoms. The molecule has 0 aromatic carbocycles. The van der Waals surface area contributed by atoms with Gasteiger partial charge < -0.3 is 8.54 Å². The maximum atomic E-state index is 6.07. The van der Waals surface area contributed by atoms with E-state index in [1.54, 1.807) is 7.11 Å². The summed E-state index contributed by atoms with van der Waals surface area (Å²) >= 11 is 5.66. The van der Waals surface area contributed by atoms with Gasteiger partial charge in [-0.05, 0) is 38.7 Å². The molecule has 0 amide bonds. The minimum Gasteiger partial charge on any atom is -0.436 e. The van der Waals surface area contributed by atoms with Gasteiger partial charge in [-0.3, -0.25) is 0 Å². The Morgan fingerprint density at radius 1 is 1.15 bits per heavy atom. The van der Waals surface area contributed by atoms with Gasteiger partial charge in [0.15, 0.2) is 8.32 Å². The van der Waals surface area contributed by atoms with Crippen LogP contribution >= 0.6 is 11.6 Å². The van der Waals surface area contributed by atoms with Crippen molar-refractivity contribution in [3.63, 3.8) is 0 Å². The first kappa shape index (κ1) is 13.6. The van der Waals surface area contributed by atoms with Crippen LogP contribution in [-0.4, -0.2) is 29.9 Å². The molecule has 0 aromatic rings. The highest BCUT2D eigenvalue weighted by Gasteiger charge is 2.34. The Balaban J connectivity index is 4.11. The fraction of sp³-hybridized carbons (Fsp3) is 1.00. The quantitative estimate of drug-likeness (QED) is 0.525. The van der Waals surface area contributed by atoms with Crippen LogP contribution in [0.3, 0.4) is 0 Å². The standard InChI is InChI=1S/C8H21ClO2Si2/c1-10-13(5,8-6-7-9)11-12(2,3)4/h6-8H2,1-5H3. The Labute approximate surface area is 89.0 Å². The molecule has 0 aliphatic heterocycles. The summed E-state index contributed by atoms with van der Waals surface area (Å²) in [5.41, 5.74) is 0. The van der Waals surface area contributed by atoms with Crippen molar-refractivity contribution in [3.05, 3.63) is 0 Å². The Bertz CT molecular complexity index is 150. The van der Waals surface area contributed by atoms with Gasteiger partial charge in [0.25, 0.3) is 0 Å². The second-order valence-corrected chi connectivity index (χ2v) is 12.9. The van der Waals surface area contributed by atoms with E-state index in [2.05, 4.69) is 26.2 Å². The molecule has 2 nitrogen and oxygen atoms in total. The number of hydrogen-bond donors (Lipinski definition) is 0. The van der Waals surface area contributed by atoms with Crippen LogP contribution in [0.4, 0.5) is 0 Å². The minimum atomic E-state index is -1.90. The first-order valence-corrected chi connectivity index (χ1v) is 11.1. The predicted octanol–water partition coefficient (Wildman–Crippen LogP) is 3.19. The zero-order chi connectivity index (χ0) is 10.5. The normalized spacial score (nSPS) is 17.1. The molecule has 0 spiro atoms. The molecular formula is C8H21ClO2Si2. The lowest BCUT2D eigenvalue weighted by Gasteiger charge is -2.32. The van der Waals surface area contributed by atoms with Crippen molar-refractivity contribution in [1.29, 1.82) is 0 Å². The van der Waals surface area contributed by atoms with Gasteiger partial charge in [-0.1, -0.05) is 0 Å². The van der Waals surface area contributed by atoms with Gasteiger partial charge in [0.05, 0.1) is 0 Å². The highest BCUT2D eigenvalue weighted by atomic mass is 35.5. The lowest BCUT2D eigenvalue weighted by molar-refractivity contribution is 0.302. The van der Waals surface area contributed by atoms with Gasteiger partial charge in [0.2, 0.25) is 0 Å². The summed E-state index contributed by atoms with van der Waals surface area (Å²) in [5, 5.41) is 0. The lowest BCUT2D eigenvalue weighted by Crippen LogP contribution is -2.46. The third kappa shape index (κ3) is 6.68. The molecule has 5 heteroatoms. The Kier molecular flexibility index (Phi) is 5.78. The molecule has 0 rings (SSSR count). The van der Waals surface area contributed by atoms with Gasteiger partial charge in [0, 0.05) is 13.0 Å². The summed E-state index contributed by atoms with van der Waals surface area (Å²) in [6.07, 6.45) is 0.989. The largest absolute Gasteiger partial charge is 0.436 e. The molecule has 0 aliphatic carbocycles. The van der Waals surface area contributed by atoms with Crippen molar-refractivity contribution in [2.45, 2.75) is 38.7 Å². The molecular weight excluding hydrogens is 220 g/mol. The van der Waals surface area contributed by atoms with Crippen LogP contribution in [0.5, 0.6) is 0 Å². The molecule has 0 radical (unpaired) electrons. The van der Waals surface area contributed by atoms with Crippen molar-refractivity contribution in [1.82, 2.24) is 0 Å². The summed E-state index contributed by atoms with van der Waals surface area (Å²) in [6, 6.07) is 0.997. The van der Waals surface area contributed by atoms with Crippen molar-refractivity contribution in [3.8, 4) is 0 Å². The van der Waals surface area contributed by atoms with E-state index in [-0.39, 0.29) is 0 Å². The van der Waals surface area contributed by atoms with Crippen LogP contribution in [0.25, 0.3) is 0 Å². The Morgan fingerprint density at radius 2 is 1.69 bits per heavy atom. The lowest BCUT2D eigenvalue weighted by atomic mass is 10.6. The first-order chi connectivity index (χ1) is 5.83. The molecule has 80 valence electrons. The van der Waals surface area contributed by atoms with Crippen LogP contribution in [0.15, 0.2) is 0 Å². The van der Waals surface area contributed by atoms with Crippen LogP contribution in [0.2, 0.25) is 32.2 Å². The third-order valence-electron chi connectivity index (χ3n) is 1.72. The van der Waals surface area contributed by atoms with Gasteiger partial charge in [0.1, 0.15) is 0 Å². The maximum Gasteiger partial charge on any atom is 0.324 e. The summed E-state index contributed by atoms with van der Waals surface area (Å²) in [4.78, 5) is 0. The monoisotopic (exact) mass is 240 g/mol. The van der Waals surface area contributed by atoms with Gasteiger partial charge in [-0.15, -0.1) is 11.6 Å². The van der Waals surface area contributed by atoms with E-state index >= 15 is 0 Å². The molecule has 0 fully saturated rings. The summed E-state index contributed by atoms with van der Waals surface area (Å²) in [6.45, 7) is 8.70. The average Bonchev–Trinajstić information content (AvgIpc) is 1.98. The van der Waals surface area contributed by atoms with Gasteiger partial charge in [-0.2, -0.15) is 0 Å². The maximum absolute atomic E-state index is 6.07. The first-order valence-electron chi connectivity index (χ1n) is 4.64. The van der Waals surface area contributed by atoms with Crippen LogP contribution < -0.4 is 0 Å². The molecule has 0 aromatic heterocycles. The topological polar surface area (TPSA) is 18.5 Å². The fourth-order valence-corrected chi connectivity index (χ4v) is 8.53. The average molecular weight is 241 g/mol. The van der Waals surface area contributed by atoms with Crippen LogP contribution in [0, 0.1) is 0 Å². The molecule has 0 saturated heterocycles. The molecule has 0 N–H and O–H groups in total. The molecule has 13 heavy (non-hydrogen) atoms. The second kappa shape index (κ2) is 5.51. The van der Waals surface area contributed by atoms with Crippen molar-refractivity contribution >= 4 is 28.5 Å². The molecule has 0 aliphatic rings. The van der Waals surface area contributed by atoms with Crippen LogP contribution in [-0.2, 0) is 8.54 Å². The van der Waals surface area contributed by atoms with Gasteiger partial charge in [-0.25, -0.2) is 0 Å². The number of rotatable bonds is 6. The summed E-state index contributed by atoms with van der Waals surface area (Å²) < 4.78 is 11.6. The number of hydrogen-bond acceptors (Lipinski definition) is 2. The molecule has 0 heterocycles. The van der Waals surface area contributed by atoms with E-state index in [1.807, 2.05) is 0 Å². The molecule has 0 saturated carbocycles. The van der Waals surface area contributed by atoms with Crippen molar-refractivity contribution in [2.24, 2.45) is 0 Å². The van der Waals surface area contributed by atoms with E-state index in [9.17, 15) is 0 Å². The predicted molar refractivity (Wildman–Crippen MR) is 63.2 cm³/mol. The zero-order valence-corrected chi connectivity index (χ0v) is 12.1. The van der Waals surface area contributed by atoms with E-state index in [4.69, 9.17) is 20.1 Å². The number of alkyl halides is 1. The van der Waals surface area contributed by atoms with Crippen molar-refractivity contribution in [2.75, 3.05) is 13.0 Å². The second-order valence-electron chi connectivity index (χ2n) is 4.34. The van der Waals surface area contributed by atoms with Crippen LogP contribution in [0.1, 0.15) is 6.42 Å².